The van der Waals surface area contributed by atoms with E-state index >= 15 is 0 Å². The number of aryl methyl sites for hydroxylation is 1. The predicted molar refractivity (Wildman–Crippen MR) is 88.7 cm³/mol. The summed E-state index contributed by atoms with van der Waals surface area (Å²) in [6.07, 6.45) is 3.27. The fourth-order valence-corrected chi connectivity index (χ4v) is 3.50. The highest BCUT2D eigenvalue weighted by Crippen LogP contribution is 2.29. The van der Waals surface area contributed by atoms with Gasteiger partial charge in [0, 0.05) is 19.1 Å². The highest BCUT2D eigenvalue weighted by molar-refractivity contribution is 8.00. The summed E-state index contributed by atoms with van der Waals surface area (Å²) < 4.78 is 1.71. The van der Waals surface area contributed by atoms with Crippen LogP contribution in [0.3, 0.4) is 0 Å². The molecule has 2 aromatic heterocycles. The number of rotatable bonds is 5. The Balaban J connectivity index is 2.23. The van der Waals surface area contributed by atoms with Crippen molar-refractivity contribution in [1.82, 2.24) is 24.6 Å². The third-order valence-electron chi connectivity index (χ3n) is 3.50. The van der Waals surface area contributed by atoms with Gasteiger partial charge >= 0.3 is 0 Å². The van der Waals surface area contributed by atoms with Gasteiger partial charge in [-0.2, -0.15) is 5.10 Å². The van der Waals surface area contributed by atoms with Gasteiger partial charge < -0.3 is 4.90 Å². The van der Waals surface area contributed by atoms with E-state index in [0.717, 1.165) is 16.1 Å². The molecule has 6 nitrogen and oxygen atoms in total. The lowest BCUT2D eigenvalue weighted by Gasteiger charge is -2.32. The molecule has 0 saturated heterocycles. The minimum absolute atomic E-state index is 0.130. The quantitative estimate of drug-likeness (QED) is 0.625. The molecule has 1 amide bonds. The Morgan fingerprint density at radius 2 is 1.82 bits per heavy atom. The van der Waals surface area contributed by atoms with E-state index in [0.29, 0.717) is 0 Å². The van der Waals surface area contributed by atoms with E-state index in [-0.39, 0.29) is 23.2 Å². The van der Waals surface area contributed by atoms with E-state index < -0.39 is 0 Å². The van der Waals surface area contributed by atoms with Gasteiger partial charge in [-0.25, -0.2) is 9.97 Å². The number of fused-ring (bicyclic) bond motifs is 1. The van der Waals surface area contributed by atoms with E-state index in [9.17, 15) is 4.79 Å². The topological polar surface area (TPSA) is 63.9 Å². The van der Waals surface area contributed by atoms with Crippen molar-refractivity contribution >= 4 is 28.7 Å². The lowest BCUT2D eigenvalue weighted by molar-refractivity contribution is -0.133. The Morgan fingerprint density at radius 1 is 1.18 bits per heavy atom. The average Bonchev–Trinajstić information content (AvgIpc) is 2.81. The first-order valence-electron chi connectivity index (χ1n) is 7.44. The van der Waals surface area contributed by atoms with E-state index in [1.54, 1.807) is 10.9 Å². The minimum atomic E-state index is -0.205. The molecule has 120 valence electrons. The van der Waals surface area contributed by atoms with Gasteiger partial charge in [-0.15, -0.1) is 0 Å². The molecule has 7 heteroatoms. The zero-order valence-electron chi connectivity index (χ0n) is 13.9. The Labute approximate surface area is 135 Å². The fourth-order valence-electron chi connectivity index (χ4n) is 2.57. The number of nitrogens with zero attached hydrogens (tertiary/aromatic N) is 5. The molecule has 2 aromatic rings. The molecule has 0 spiro atoms. The summed E-state index contributed by atoms with van der Waals surface area (Å²) in [5.74, 6) is 0.130. The second-order valence-corrected chi connectivity index (χ2v) is 7.21. The molecule has 0 bridgehead atoms. The largest absolute Gasteiger partial charge is 0.337 e. The van der Waals surface area contributed by atoms with Crippen LogP contribution in [0.5, 0.6) is 0 Å². The molecule has 0 radical (unpaired) electrons. The molecule has 0 saturated carbocycles. The van der Waals surface area contributed by atoms with E-state index in [4.69, 9.17) is 0 Å². The summed E-state index contributed by atoms with van der Waals surface area (Å²) in [6, 6.07) is 0.360. The molecule has 1 atom stereocenters. The summed E-state index contributed by atoms with van der Waals surface area (Å²) in [4.78, 5) is 23.2. The van der Waals surface area contributed by atoms with Crippen LogP contribution in [0.1, 0.15) is 34.6 Å². The number of thioether (sulfide) groups is 1. The van der Waals surface area contributed by atoms with Crippen molar-refractivity contribution in [2.24, 2.45) is 7.05 Å². The van der Waals surface area contributed by atoms with Crippen molar-refractivity contribution < 1.29 is 4.79 Å². The molecular formula is C15H23N5OS. The molecule has 0 aliphatic rings. The van der Waals surface area contributed by atoms with Gasteiger partial charge in [-0.1, -0.05) is 11.8 Å². The number of amides is 1. The maximum absolute atomic E-state index is 12.7. The summed E-state index contributed by atoms with van der Waals surface area (Å²) >= 11 is 1.46. The maximum Gasteiger partial charge on any atom is 0.236 e. The molecule has 22 heavy (non-hydrogen) atoms. The van der Waals surface area contributed by atoms with Crippen LogP contribution in [0.15, 0.2) is 17.6 Å². The summed E-state index contributed by atoms with van der Waals surface area (Å²) in [6.45, 7) is 10.1. The number of hydrogen-bond donors (Lipinski definition) is 0. The zero-order valence-corrected chi connectivity index (χ0v) is 14.8. The first kappa shape index (κ1) is 16.7. The monoisotopic (exact) mass is 321 g/mol. The van der Waals surface area contributed by atoms with Gasteiger partial charge in [0.1, 0.15) is 11.4 Å². The lowest BCUT2D eigenvalue weighted by Crippen LogP contribution is -2.45. The second kappa shape index (κ2) is 6.64. The van der Waals surface area contributed by atoms with Crippen molar-refractivity contribution in [2.45, 2.75) is 57.0 Å². The Hall–Kier alpha value is -1.63. The molecule has 0 aliphatic carbocycles. The van der Waals surface area contributed by atoms with Gasteiger partial charge in [-0.05, 0) is 34.6 Å². The van der Waals surface area contributed by atoms with Gasteiger partial charge in [0.2, 0.25) is 5.91 Å². The number of carbonyl (C=O) groups excluding carboxylic acids is 1. The van der Waals surface area contributed by atoms with Crippen LogP contribution in [0.2, 0.25) is 0 Å². The summed E-state index contributed by atoms with van der Waals surface area (Å²) in [5.41, 5.74) is 0.779. The smallest absolute Gasteiger partial charge is 0.236 e. The van der Waals surface area contributed by atoms with Crippen LogP contribution in [-0.4, -0.2) is 47.9 Å². The van der Waals surface area contributed by atoms with Crippen LogP contribution in [0.4, 0.5) is 0 Å². The van der Waals surface area contributed by atoms with E-state index in [1.165, 1.54) is 18.1 Å². The highest BCUT2D eigenvalue weighted by atomic mass is 32.2. The molecule has 0 fully saturated rings. The Bertz CT molecular complexity index is 659. The molecule has 0 aliphatic heterocycles. The van der Waals surface area contributed by atoms with Crippen LogP contribution < -0.4 is 0 Å². The van der Waals surface area contributed by atoms with Gasteiger partial charge in [0.05, 0.1) is 16.8 Å². The van der Waals surface area contributed by atoms with Crippen LogP contribution in [-0.2, 0) is 11.8 Å². The molecule has 2 heterocycles. The zero-order chi connectivity index (χ0) is 16.4. The van der Waals surface area contributed by atoms with Gasteiger partial charge in [0.15, 0.2) is 5.65 Å². The molecular weight excluding hydrogens is 298 g/mol. The molecule has 0 N–H and O–H groups in total. The normalized spacial score (nSPS) is 13.1. The first-order valence-corrected chi connectivity index (χ1v) is 8.32. The van der Waals surface area contributed by atoms with Crippen LogP contribution in [0, 0.1) is 0 Å². The third-order valence-corrected chi connectivity index (χ3v) is 4.60. The SMILES string of the molecule is CC(Sc1ncnc2c1cnn2C)C(=O)N(C(C)C)C(C)C. The predicted octanol–water partition coefficient (Wildman–Crippen LogP) is 2.49. The summed E-state index contributed by atoms with van der Waals surface area (Å²) in [7, 11) is 1.84. The fraction of sp³-hybridized carbons (Fsp3) is 0.600. The van der Waals surface area contributed by atoms with Crippen molar-refractivity contribution in [3.05, 3.63) is 12.5 Å². The second-order valence-electron chi connectivity index (χ2n) is 5.88. The minimum Gasteiger partial charge on any atom is -0.337 e. The number of aromatic nitrogens is 4. The Morgan fingerprint density at radius 3 is 2.41 bits per heavy atom. The van der Waals surface area contributed by atoms with Crippen molar-refractivity contribution in [1.29, 1.82) is 0 Å². The van der Waals surface area contributed by atoms with E-state index in [2.05, 4.69) is 15.1 Å². The van der Waals surface area contributed by atoms with Crippen molar-refractivity contribution in [2.75, 3.05) is 0 Å². The van der Waals surface area contributed by atoms with Crippen LogP contribution >= 0.6 is 11.8 Å². The third kappa shape index (κ3) is 3.24. The van der Waals surface area contributed by atoms with Gasteiger partial charge in [-0.3, -0.25) is 9.48 Å². The van der Waals surface area contributed by atoms with E-state index in [1.807, 2.05) is 46.6 Å². The van der Waals surface area contributed by atoms with Crippen molar-refractivity contribution in [3.63, 3.8) is 0 Å². The highest BCUT2D eigenvalue weighted by Gasteiger charge is 2.26. The Kier molecular flexibility index (Phi) is 5.05. The average molecular weight is 321 g/mol. The number of carbonyl (C=O) groups is 1. The first-order chi connectivity index (χ1) is 10.3. The molecule has 0 aromatic carbocycles. The molecule has 1 unspecified atom stereocenters. The lowest BCUT2D eigenvalue weighted by atomic mass is 10.2. The molecule has 2 rings (SSSR count). The van der Waals surface area contributed by atoms with Crippen LogP contribution in [0.25, 0.3) is 11.0 Å². The summed E-state index contributed by atoms with van der Waals surface area (Å²) in [5, 5.41) is 5.68. The standard InChI is InChI=1S/C15H23N5OS/c1-9(2)20(10(3)4)15(21)11(5)22-14-12-7-18-19(6)13(12)16-8-17-14/h7-11H,1-6H3. The number of hydrogen-bond acceptors (Lipinski definition) is 5. The van der Waals surface area contributed by atoms with Gasteiger partial charge in [0.25, 0.3) is 0 Å². The van der Waals surface area contributed by atoms with Crippen molar-refractivity contribution in [3.8, 4) is 0 Å². The maximum atomic E-state index is 12.7.